The fraction of sp³-hybridized carbons (Fsp3) is 0.424. The predicted octanol–water partition coefficient (Wildman–Crippen LogP) is 8.12. The minimum Gasteiger partial charge on any atom is -0.853 e. The number of benzene rings is 4. The van der Waals surface area contributed by atoms with Crippen LogP contribution in [0, 0.1) is 11.8 Å². The number of hydrogen-bond acceptors (Lipinski definition) is 6. The Bertz CT molecular complexity index is 2610. The molecule has 392 valence electrons. The minimum absolute atomic E-state index is 0.0741. The van der Waals surface area contributed by atoms with Crippen LogP contribution in [0.5, 0.6) is 0 Å². The Balaban J connectivity index is 0.000000393. The SMILES string of the molecule is CCCCC(CC)CNC(=O)NC.CCCCC(CC)CNC(=O)Nc1ccc(Cc2cccc(Cc3cccc(Cc4ccc(N=C([O-])c5n(C)cc[n+]5C)cc4)c3)c2)cc1.CN=C([O-])c1n(C)cc[n+]1C. The molecule has 0 radical (unpaired) electrons. The third-order valence-corrected chi connectivity index (χ3v) is 13.0. The highest BCUT2D eigenvalue weighted by atomic mass is 16.3. The van der Waals surface area contributed by atoms with Gasteiger partial charge in [0.2, 0.25) is 0 Å². The molecule has 73 heavy (non-hydrogen) atoms. The van der Waals surface area contributed by atoms with Crippen molar-refractivity contribution in [3.8, 4) is 0 Å². The van der Waals surface area contributed by atoms with Gasteiger partial charge >= 0.3 is 12.1 Å². The maximum atomic E-state index is 12.7. The smallest absolute Gasteiger partial charge is 0.319 e. The number of anilines is 1. The first-order chi connectivity index (χ1) is 35.2. The summed E-state index contributed by atoms with van der Waals surface area (Å²) in [5.41, 5.74) is 8.87. The summed E-state index contributed by atoms with van der Waals surface area (Å²) in [5.74, 6) is 1.84. The molecule has 2 atom stereocenters. The second-order valence-electron chi connectivity index (χ2n) is 18.8. The summed E-state index contributed by atoms with van der Waals surface area (Å²) in [6.07, 6.45) is 19.3. The van der Waals surface area contributed by atoms with Crippen LogP contribution in [0.25, 0.3) is 0 Å². The van der Waals surface area contributed by atoms with Crippen LogP contribution in [0.1, 0.15) is 124 Å². The second-order valence-corrected chi connectivity index (χ2v) is 18.8. The van der Waals surface area contributed by atoms with Gasteiger partial charge in [0.25, 0.3) is 11.6 Å². The van der Waals surface area contributed by atoms with Crippen molar-refractivity contribution >= 4 is 35.2 Å². The largest absolute Gasteiger partial charge is 0.853 e. The lowest BCUT2D eigenvalue weighted by molar-refractivity contribution is -0.674. The third kappa shape index (κ3) is 20.1. The Morgan fingerprint density at radius 2 is 1.03 bits per heavy atom. The van der Waals surface area contributed by atoms with Gasteiger partial charge in [-0.1, -0.05) is 139 Å². The molecule has 0 bridgehead atoms. The van der Waals surface area contributed by atoms with E-state index in [1.54, 1.807) is 25.3 Å². The fourth-order valence-corrected chi connectivity index (χ4v) is 8.48. The number of aryl methyl sites for hydroxylation is 4. The zero-order chi connectivity index (χ0) is 53.1. The van der Waals surface area contributed by atoms with Gasteiger partial charge in [0.15, 0.2) is 0 Å². The lowest BCUT2D eigenvalue weighted by atomic mass is 9.97. The van der Waals surface area contributed by atoms with Crippen molar-refractivity contribution in [2.75, 3.05) is 32.5 Å². The van der Waals surface area contributed by atoms with Crippen molar-refractivity contribution < 1.29 is 28.9 Å². The molecule has 2 aromatic heterocycles. The van der Waals surface area contributed by atoms with Crippen LogP contribution in [-0.4, -0.2) is 60.2 Å². The number of nitrogens with one attached hydrogen (secondary N) is 4. The molecular formula is C59H82N10O4. The van der Waals surface area contributed by atoms with Gasteiger partial charge in [-0.3, -0.25) is 9.98 Å². The summed E-state index contributed by atoms with van der Waals surface area (Å²) < 4.78 is 7.05. The van der Waals surface area contributed by atoms with Crippen molar-refractivity contribution in [2.24, 2.45) is 50.0 Å². The number of nitrogens with zero attached hydrogens (tertiary/aromatic N) is 6. The summed E-state index contributed by atoms with van der Waals surface area (Å²) in [6, 6.07) is 33.3. The molecule has 0 aliphatic heterocycles. The first-order valence-electron chi connectivity index (χ1n) is 26.0. The summed E-state index contributed by atoms with van der Waals surface area (Å²) >= 11 is 0. The van der Waals surface area contributed by atoms with E-state index in [1.165, 1.54) is 72.5 Å². The van der Waals surface area contributed by atoms with E-state index in [-0.39, 0.29) is 23.9 Å². The molecule has 14 heteroatoms. The minimum atomic E-state index is -0.260. The Kier molecular flexibility index (Phi) is 25.0. The van der Waals surface area contributed by atoms with Crippen LogP contribution in [0.15, 0.2) is 132 Å². The van der Waals surface area contributed by atoms with Crippen LogP contribution in [-0.2, 0) is 47.5 Å². The van der Waals surface area contributed by atoms with Gasteiger partial charge in [0.1, 0.15) is 24.8 Å². The van der Waals surface area contributed by atoms with Gasteiger partial charge in [0, 0.05) is 32.9 Å². The number of unbranched alkanes of at least 4 members (excludes halogenated alkanes) is 2. The average molecular weight is 995 g/mol. The van der Waals surface area contributed by atoms with E-state index in [0.29, 0.717) is 35.7 Å². The van der Waals surface area contributed by atoms with Gasteiger partial charge < -0.3 is 31.5 Å². The van der Waals surface area contributed by atoms with Crippen molar-refractivity contribution in [1.82, 2.24) is 25.1 Å². The monoisotopic (exact) mass is 995 g/mol. The molecular weight excluding hydrogens is 913 g/mol. The summed E-state index contributed by atoms with van der Waals surface area (Å²) in [6.45, 7) is 10.3. The quantitative estimate of drug-likeness (QED) is 0.0306. The maximum Gasteiger partial charge on any atom is 0.319 e. The second kappa shape index (κ2) is 31.3. The Morgan fingerprint density at radius 1 is 0.603 bits per heavy atom. The highest BCUT2D eigenvalue weighted by Crippen LogP contribution is 2.21. The van der Waals surface area contributed by atoms with Gasteiger partial charge in [-0.05, 0) is 102 Å². The van der Waals surface area contributed by atoms with Crippen LogP contribution >= 0.6 is 0 Å². The van der Waals surface area contributed by atoms with Crippen LogP contribution in [0.2, 0.25) is 0 Å². The molecule has 0 fully saturated rings. The number of amides is 4. The zero-order valence-corrected chi connectivity index (χ0v) is 45.2. The standard InChI is InChI=1S/C42H49N5O2.C10H22N2O.C7H11N3O/c1-5-7-10-31(6-2)30-43-42(49)45-39-21-17-33(18-22-39)26-35-12-9-14-37(28-35)29-36-13-8-11-34(27-36)25-32-15-19-38(20-16-32)44-40(48)41-46(3)23-24-47(41)4;1-4-6-7-9(5-2)8-12-10(13)11-3;1-8-6(11)7-9(2)4-5-10(7)3/h8-9,11-24,27-28,31H,5-7,10,25-26,29-30H2,1-4H3,(H2-,43,44,45,48,49);9H,4-8H2,1-3H3,(H2,11,12,13);4-5H,1-3H3. The lowest BCUT2D eigenvalue weighted by Gasteiger charge is -2.15. The molecule has 2 heterocycles. The highest BCUT2D eigenvalue weighted by molar-refractivity contribution is 5.89. The molecule has 0 aliphatic rings. The van der Waals surface area contributed by atoms with Gasteiger partial charge in [-0.15, -0.1) is 0 Å². The molecule has 0 saturated heterocycles. The van der Waals surface area contributed by atoms with E-state index < -0.39 is 0 Å². The molecule has 6 rings (SSSR count). The first-order valence-corrected chi connectivity index (χ1v) is 26.0. The number of aliphatic imine (C=N–C) groups is 2. The number of rotatable bonds is 22. The number of hydrogen-bond donors (Lipinski definition) is 4. The van der Waals surface area contributed by atoms with Crippen molar-refractivity contribution in [2.45, 2.75) is 98.3 Å². The van der Waals surface area contributed by atoms with E-state index in [4.69, 9.17) is 0 Å². The summed E-state index contributed by atoms with van der Waals surface area (Å²) in [4.78, 5) is 31.2. The van der Waals surface area contributed by atoms with Crippen LogP contribution in [0.4, 0.5) is 21.0 Å². The van der Waals surface area contributed by atoms with Crippen molar-refractivity contribution in [1.29, 1.82) is 0 Å². The highest BCUT2D eigenvalue weighted by Gasteiger charge is 2.13. The molecule has 0 spiro atoms. The topological polar surface area (TPSA) is 171 Å². The average Bonchev–Trinajstić information content (AvgIpc) is 3.92. The summed E-state index contributed by atoms with van der Waals surface area (Å²) in [5, 5.41) is 35.2. The van der Waals surface area contributed by atoms with Crippen molar-refractivity contribution in [3.05, 3.63) is 167 Å². The molecule has 0 saturated carbocycles. The predicted molar refractivity (Wildman–Crippen MR) is 292 cm³/mol. The molecule has 4 N–H and O–H groups in total. The first kappa shape index (κ1) is 58.4. The number of imidazole rings is 2. The van der Waals surface area contributed by atoms with Crippen LogP contribution < -0.4 is 40.6 Å². The molecule has 0 aliphatic carbocycles. The molecule has 6 aromatic rings. The molecule has 4 aromatic carbocycles. The number of aromatic nitrogens is 4. The third-order valence-electron chi connectivity index (χ3n) is 13.0. The molecule has 14 nitrogen and oxygen atoms in total. The molecule has 4 amide bonds. The number of carbonyl (C=O) groups excluding carboxylic acids is 2. The lowest BCUT2D eigenvalue weighted by Crippen LogP contribution is -2.39. The summed E-state index contributed by atoms with van der Waals surface area (Å²) in [7, 11) is 10.5. The number of carbonyl (C=O) groups is 2. The van der Waals surface area contributed by atoms with E-state index in [9.17, 15) is 19.8 Å². The Hall–Kier alpha value is -7.22. The normalized spacial score (nSPS) is 12.1. The zero-order valence-electron chi connectivity index (χ0n) is 45.2. The van der Waals surface area contributed by atoms with E-state index in [2.05, 4.69) is 120 Å². The van der Waals surface area contributed by atoms with E-state index >= 15 is 0 Å². The van der Waals surface area contributed by atoms with E-state index in [1.807, 2.05) is 89.4 Å². The van der Waals surface area contributed by atoms with Crippen molar-refractivity contribution in [3.63, 3.8) is 0 Å². The van der Waals surface area contributed by atoms with Gasteiger partial charge in [-0.2, -0.15) is 0 Å². The Morgan fingerprint density at radius 3 is 1.42 bits per heavy atom. The van der Waals surface area contributed by atoms with Gasteiger partial charge in [-0.25, -0.2) is 27.9 Å². The van der Waals surface area contributed by atoms with Gasteiger partial charge in [0.05, 0.1) is 45.7 Å². The molecule has 2 unspecified atom stereocenters. The van der Waals surface area contributed by atoms with Crippen LogP contribution in [0.3, 0.4) is 0 Å². The van der Waals surface area contributed by atoms with E-state index in [0.717, 1.165) is 50.8 Å². The number of urea groups is 2. The Labute approximate surface area is 435 Å². The fourth-order valence-electron chi connectivity index (χ4n) is 8.48. The maximum absolute atomic E-state index is 12.7.